The average molecular weight is 937 g/mol. The second-order valence-electron chi connectivity index (χ2n) is 21.2. The summed E-state index contributed by atoms with van der Waals surface area (Å²) in [6.07, 6.45) is 4.55. The van der Waals surface area contributed by atoms with Crippen LogP contribution in [0.25, 0.3) is 106 Å². The van der Waals surface area contributed by atoms with Crippen LogP contribution in [-0.4, -0.2) is 22.0 Å². The third kappa shape index (κ3) is 6.77. The molecule has 2 aromatic heterocycles. The highest BCUT2D eigenvalue weighted by Gasteiger charge is 2.37. The highest BCUT2D eigenvalue weighted by molar-refractivity contribution is 6.05. The summed E-state index contributed by atoms with van der Waals surface area (Å²) in [6.45, 7) is 9.44. The second kappa shape index (κ2) is 16.1. The smallest absolute Gasteiger partial charge is 0.160 e. The molecule has 0 spiro atoms. The van der Waals surface area contributed by atoms with Gasteiger partial charge in [0.2, 0.25) is 0 Å². The number of aromatic nitrogens is 3. The molecule has 4 nitrogen and oxygen atoms in total. The van der Waals surface area contributed by atoms with Crippen LogP contribution in [0.5, 0.6) is 0 Å². The molecule has 11 aromatic rings. The standard InChI is InChI=1S/C69H52N4/c1-68(2)57-18-10-8-16-51(57)53-34-30-48(40-59(53)68)50-38-55(49-31-35-54-52-17-9-11-19-58(52)69(3,4)60(54)41-49)66-56(39-50)65(46-26-24-45(25-27-46)64-37-33-44-15-7-13-21-63(44)73(64)5)71-67(72-66)47-28-22-43(23-29-47)62-36-32-42-14-6-12-20-61(42)70-62/h6-41,64H,1-5H3. The van der Waals surface area contributed by atoms with Gasteiger partial charge < -0.3 is 4.90 Å². The number of fused-ring (bicyclic) bond motifs is 9. The first-order valence-electron chi connectivity index (χ1n) is 25.5. The monoisotopic (exact) mass is 936 g/mol. The minimum Gasteiger partial charge on any atom is -0.364 e. The lowest BCUT2D eigenvalue weighted by Gasteiger charge is -2.32. The zero-order valence-corrected chi connectivity index (χ0v) is 41.7. The third-order valence-corrected chi connectivity index (χ3v) is 16.4. The largest absolute Gasteiger partial charge is 0.364 e. The van der Waals surface area contributed by atoms with E-state index in [2.05, 4.69) is 252 Å². The van der Waals surface area contributed by atoms with Gasteiger partial charge in [0, 0.05) is 56.6 Å². The van der Waals surface area contributed by atoms with E-state index in [9.17, 15) is 0 Å². The first-order valence-corrected chi connectivity index (χ1v) is 25.5. The van der Waals surface area contributed by atoms with Crippen molar-refractivity contribution in [2.24, 2.45) is 0 Å². The van der Waals surface area contributed by atoms with Crippen molar-refractivity contribution in [3.05, 3.63) is 246 Å². The molecule has 3 aliphatic rings. The van der Waals surface area contributed by atoms with E-state index in [1.807, 2.05) is 6.07 Å². The van der Waals surface area contributed by atoms with Gasteiger partial charge in [-0.1, -0.05) is 204 Å². The van der Waals surface area contributed by atoms with E-state index in [4.69, 9.17) is 15.0 Å². The highest BCUT2D eigenvalue weighted by atomic mass is 15.1. The highest BCUT2D eigenvalue weighted by Crippen LogP contribution is 2.52. The molecule has 0 N–H and O–H groups in total. The van der Waals surface area contributed by atoms with Gasteiger partial charge in [-0.25, -0.2) is 15.0 Å². The Balaban J connectivity index is 0.979. The molecule has 0 saturated heterocycles. The Hall–Kier alpha value is -8.73. The Kier molecular flexibility index (Phi) is 9.53. The van der Waals surface area contributed by atoms with Gasteiger partial charge in [-0.2, -0.15) is 0 Å². The number of pyridine rings is 1. The zero-order chi connectivity index (χ0) is 49.2. The molecule has 348 valence electrons. The van der Waals surface area contributed by atoms with E-state index in [1.165, 1.54) is 66.9 Å². The molecular formula is C69H52N4. The number of likely N-dealkylation sites (N-methyl/N-ethyl adjacent to an activating group) is 1. The molecular weight excluding hydrogens is 885 g/mol. The summed E-state index contributed by atoms with van der Waals surface area (Å²) in [6, 6.07) is 75.6. The van der Waals surface area contributed by atoms with Crippen molar-refractivity contribution in [3.8, 4) is 78.4 Å². The van der Waals surface area contributed by atoms with Gasteiger partial charge in [0.05, 0.1) is 28.5 Å². The van der Waals surface area contributed by atoms with Gasteiger partial charge >= 0.3 is 0 Å². The van der Waals surface area contributed by atoms with E-state index in [0.717, 1.165) is 66.6 Å². The lowest BCUT2D eigenvalue weighted by Crippen LogP contribution is -2.25. The van der Waals surface area contributed by atoms with Crippen LogP contribution in [0.15, 0.2) is 212 Å². The van der Waals surface area contributed by atoms with Crippen LogP contribution >= 0.6 is 0 Å². The minimum absolute atomic E-state index is 0.0980. The molecule has 14 rings (SSSR count). The topological polar surface area (TPSA) is 41.9 Å². The van der Waals surface area contributed by atoms with E-state index in [0.29, 0.717) is 5.82 Å². The predicted molar refractivity (Wildman–Crippen MR) is 304 cm³/mol. The number of rotatable bonds is 6. The third-order valence-electron chi connectivity index (χ3n) is 16.4. The number of hydrogen-bond acceptors (Lipinski definition) is 4. The molecule has 0 fully saturated rings. The van der Waals surface area contributed by atoms with Gasteiger partial charge in [-0.05, 0) is 115 Å². The molecule has 3 heterocycles. The Morgan fingerprint density at radius 3 is 1.75 bits per heavy atom. The lowest BCUT2D eigenvalue weighted by molar-refractivity contribution is 0.660. The van der Waals surface area contributed by atoms with Crippen molar-refractivity contribution in [2.75, 3.05) is 11.9 Å². The summed E-state index contributed by atoms with van der Waals surface area (Å²) in [5.74, 6) is 0.677. The van der Waals surface area contributed by atoms with Gasteiger partial charge in [0.15, 0.2) is 5.82 Å². The normalized spacial score (nSPS) is 15.5. The van der Waals surface area contributed by atoms with Gasteiger partial charge in [-0.3, -0.25) is 0 Å². The molecule has 0 saturated carbocycles. The van der Waals surface area contributed by atoms with E-state index < -0.39 is 0 Å². The Labute approximate surface area is 427 Å². The molecule has 1 unspecified atom stereocenters. The fraction of sp³-hybridized carbons (Fsp3) is 0.116. The molecule has 73 heavy (non-hydrogen) atoms. The number of benzene rings is 9. The molecule has 4 heteroatoms. The summed E-state index contributed by atoms with van der Waals surface area (Å²) < 4.78 is 0. The van der Waals surface area contributed by atoms with Crippen LogP contribution < -0.4 is 4.90 Å². The predicted octanol–water partition coefficient (Wildman–Crippen LogP) is 17.3. The van der Waals surface area contributed by atoms with Crippen LogP contribution in [0.3, 0.4) is 0 Å². The van der Waals surface area contributed by atoms with Crippen molar-refractivity contribution < 1.29 is 0 Å². The number of anilines is 1. The van der Waals surface area contributed by atoms with Crippen molar-refractivity contribution >= 4 is 33.6 Å². The lowest BCUT2D eigenvalue weighted by atomic mass is 9.81. The van der Waals surface area contributed by atoms with E-state index in [-0.39, 0.29) is 16.9 Å². The van der Waals surface area contributed by atoms with E-state index in [1.54, 1.807) is 0 Å². The summed E-state index contributed by atoms with van der Waals surface area (Å²) in [7, 11) is 2.19. The van der Waals surface area contributed by atoms with Crippen molar-refractivity contribution in [1.82, 2.24) is 15.0 Å². The molecule has 1 aliphatic heterocycles. The maximum absolute atomic E-state index is 5.64. The number of nitrogens with zero attached hydrogens (tertiary/aromatic N) is 4. The Bertz CT molecular complexity index is 4100. The molecule has 1 atom stereocenters. The number of para-hydroxylation sites is 2. The van der Waals surface area contributed by atoms with Crippen LogP contribution in [0, 0.1) is 0 Å². The minimum atomic E-state index is -0.172. The number of hydrogen-bond donors (Lipinski definition) is 0. The van der Waals surface area contributed by atoms with Crippen LogP contribution in [0.2, 0.25) is 0 Å². The molecule has 2 aliphatic carbocycles. The molecule has 0 radical (unpaired) electrons. The van der Waals surface area contributed by atoms with E-state index >= 15 is 0 Å². The summed E-state index contributed by atoms with van der Waals surface area (Å²) in [5, 5.41) is 2.14. The maximum atomic E-state index is 5.64. The zero-order valence-electron chi connectivity index (χ0n) is 41.7. The Morgan fingerprint density at radius 1 is 0.425 bits per heavy atom. The molecule has 0 amide bonds. The van der Waals surface area contributed by atoms with Crippen molar-refractivity contribution in [1.29, 1.82) is 0 Å². The van der Waals surface area contributed by atoms with Crippen LogP contribution in [0.4, 0.5) is 5.69 Å². The fourth-order valence-corrected chi connectivity index (χ4v) is 12.3. The summed E-state index contributed by atoms with van der Waals surface area (Å²) in [4.78, 5) is 18.6. The second-order valence-corrected chi connectivity index (χ2v) is 21.2. The fourth-order valence-electron chi connectivity index (χ4n) is 12.3. The van der Waals surface area contributed by atoms with Crippen molar-refractivity contribution in [3.63, 3.8) is 0 Å². The van der Waals surface area contributed by atoms with Gasteiger partial charge in [0.25, 0.3) is 0 Å². The quantitative estimate of drug-likeness (QED) is 0.167. The SMILES string of the molecule is CN1c2ccccc2C=CC1c1ccc(-c2nc(-c3ccc(-c4ccc5ccccc5n4)cc3)nc3c(-c4ccc5c(c4)C(C)(C)c4ccccc4-5)cc(-c4ccc5c(c4)C(C)(C)c4ccccc4-5)cc23)cc1. The van der Waals surface area contributed by atoms with Crippen LogP contribution in [0.1, 0.15) is 67.1 Å². The van der Waals surface area contributed by atoms with Crippen molar-refractivity contribution in [2.45, 2.75) is 44.6 Å². The first-order chi connectivity index (χ1) is 35.6. The maximum Gasteiger partial charge on any atom is 0.160 e. The van der Waals surface area contributed by atoms with Gasteiger partial charge in [-0.15, -0.1) is 0 Å². The summed E-state index contributed by atoms with van der Waals surface area (Å²) in [5.41, 5.74) is 25.3. The molecule has 9 aromatic carbocycles. The Morgan fingerprint density at radius 2 is 1.01 bits per heavy atom. The average Bonchev–Trinajstić information content (AvgIpc) is 3.81. The first kappa shape index (κ1) is 43.1. The van der Waals surface area contributed by atoms with Crippen LogP contribution in [-0.2, 0) is 10.8 Å². The van der Waals surface area contributed by atoms with Gasteiger partial charge in [0.1, 0.15) is 0 Å². The summed E-state index contributed by atoms with van der Waals surface area (Å²) >= 11 is 0. The molecule has 0 bridgehead atoms.